The monoisotopic (exact) mass is 299 g/mol. The van der Waals surface area contributed by atoms with E-state index in [2.05, 4.69) is 46.4 Å². The zero-order valence-corrected chi connectivity index (χ0v) is 12.8. The van der Waals surface area contributed by atoms with Crippen molar-refractivity contribution < 1.29 is 0 Å². The van der Waals surface area contributed by atoms with Crippen LogP contribution in [0.5, 0.6) is 0 Å². The van der Waals surface area contributed by atoms with E-state index in [4.69, 9.17) is 0 Å². The van der Waals surface area contributed by atoms with Crippen molar-refractivity contribution in [2.45, 2.75) is 26.3 Å². The average Bonchev–Trinajstić information content (AvgIpc) is 3.19. The average molecular weight is 299 g/mol. The Morgan fingerprint density at radius 1 is 1.33 bits per heavy atom. The van der Waals surface area contributed by atoms with E-state index >= 15 is 0 Å². The van der Waals surface area contributed by atoms with Gasteiger partial charge in [-0.2, -0.15) is 5.10 Å². The maximum absolute atomic E-state index is 4.39. The maximum Gasteiger partial charge on any atom is 0.178 e. The summed E-state index contributed by atoms with van der Waals surface area (Å²) in [5.41, 5.74) is 0.946. The second kappa shape index (κ2) is 6.05. The molecule has 0 saturated carbocycles. The highest BCUT2D eigenvalue weighted by Crippen LogP contribution is 2.28. The van der Waals surface area contributed by atoms with Gasteiger partial charge in [-0.25, -0.2) is 14.6 Å². The van der Waals surface area contributed by atoms with Crippen LogP contribution < -0.4 is 5.32 Å². The maximum atomic E-state index is 4.39. The summed E-state index contributed by atoms with van der Waals surface area (Å²) in [6.45, 7) is 4.33. The van der Waals surface area contributed by atoms with Crippen molar-refractivity contribution in [1.82, 2.24) is 19.7 Å². The number of hydrogen-bond acceptors (Lipinski definition) is 5. The molecule has 0 saturated heterocycles. The van der Waals surface area contributed by atoms with Gasteiger partial charge in [-0.05, 0) is 37.6 Å². The summed E-state index contributed by atoms with van der Waals surface area (Å²) >= 11 is 1.85. The minimum absolute atomic E-state index is 0.224. The first-order chi connectivity index (χ1) is 10.3. The van der Waals surface area contributed by atoms with Crippen molar-refractivity contribution in [3.8, 4) is 5.82 Å². The van der Waals surface area contributed by atoms with Gasteiger partial charge in [0.2, 0.25) is 0 Å². The Bertz CT molecular complexity index is 704. The van der Waals surface area contributed by atoms with Gasteiger partial charge in [-0.1, -0.05) is 6.92 Å². The summed E-state index contributed by atoms with van der Waals surface area (Å²) in [7, 11) is 0. The highest BCUT2D eigenvalue weighted by atomic mass is 32.1. The predicted molar refractivity (Wildman–Crippen MR) is 84.9 cm³/mol. The largest absolute Gasteiger partial charge is 0.375 e. The highest BCUT2D eigenvalue weighted by Gasteiger charge is 2.12. The first kappa shape index (κ1) is 13.8. The lowest BCUT2D eigenvalue weighted by molar-refractivity contribution is 0.832. The molecule has 0 aliphatic heterocycles. The van der Waals surface area contributed by atoms with Crippen molar-refractivity contribution in [2.24, 2.45) is 0 Å². The molecular formula is C15H17N5S. The number of hydrogen-bond donors (Lipinski definition) is 1. The molecule has 0 bridgehead atoms. The SMILES string of the molecule is CCc1ccc(C(C)Nc2cccnc2-n2cncn2)s1. The second-order valence-corrected chi connectivity index (χ2v) is 5.94. The van der Waals surface area contributed by atoms with Crippen LogP contribution in [0.1, 0.15) is 29.6 Å². The van der Waals surface area contributed by atoms with E-state index in [1.165, 1.54) is 16.1 Å². The summed E-state index contributed by atoms with van der Waals surface area (Å²) in [5, 5.41) is 7.66. The molecule has 1 N–H and O–H groups in total. The summed E-state index contributed by atoms with van der Waals surface area (Å²) in [4.78, 5) is 11.1. The highest BCUT2D eigenvalue weighted by molar-refractivity contribution is 7.12. The van der Waals surface area contributed by atoms with E-state index in [9.17, 15) is 0 Å². The van der Waals surface area contributed by atoms with Crippen molar-refractivity contribution in [2.75, 3.05) is 5.32 Å². The molecule has 0 amide bonds. The fraction of sp³-hybridized carbons (Fsp3) is 0.267. The summed E-state index contributed by atoms with van der Waals surface area (Å²) in [5.74, 6) is 0.758. The number of aromatic nitrogens is 4. The first-order valence-corrected chi connectivity index (χ1v) is 7.74. The molecule has 0 spiro atoms. The molecule has 0 fully saturated rings. The normalized spacial score (nSPS) is 12.3. The Balaban J connectivity index is 1.85. The quantitative estimate of drug-likeness (QED) is 0.784. The Hall–Kier alpha value is -2.21. The van der Waals surface area contributed by atoms with Crippen molar-refractivity contribution in [1.29, 1.82) is 0 Å². The van der Waals surface area contributed by atoms with Gasteiger partial charge in [0, 0.05) is 16.0 Å². The molecule has 5 nitrogen and oxygen atoms in total. The van der Waals surface area contributed by atoms with Gasteiger partial charge in [0.05, 0.1) is 11.7 Å². The molecule has 0 aliphatic carbocycles. The molecule has 1 atom stereocenters. The van der Waals surface area contributed by atoms with Gasteiger partial charge in [0.15, 0.2) is 5.82 Å². The molecule has 0 aromatic carbocycles. The number of rotatable bonds is 5. The molecular weight excluding hydrogens is 282 g/mol. The van der Waals surface area contributed by atoms with E-state index in [-0.39, 0.29) is 6.04 Å². The fourth-order valence-corrected chi connectivity index (χ4v) is 3.09. The first-order valence-electron chi connectivity index (χ1n) is 6.93. The molecule has 6 heteroatoms. The van der Waals surface area contributed by atoms with Gasteiger partial charge < -0.3 is 5.32 Å². The molecule has 3 aromatic heterocycles. The third-order valence-corrected chi connectivity index (χ3v) is 4.66. The number of nitrogens with zero attached hydrogens (tertiary/aromatic N) is 4. The predicted octanol–water partition coefficient (Wildman–Crippen LogP) is 3.46. The van der Waals surface area contributed by atoms with E-state index in [0.717, 1.165) is 17.9 Å². The van der Waals surface area contributed by atoms with E-state index in [0.29, 0.717) is 0 Å². The van der Waals surface area contributed by atoms with Crippen LogP contribution in [-0.2, 0) is 6.42 Å². The second-order valence-electron chi connectivity index (χ2n) is 4.74. The van der Waals surface area contributed by atoms with Crippen LogP contribution in [0.15, 0.2) is 43.1 Å². The minimum Gasteiger partial charge on any atom is -0.375 e. The van der Waals surface area contributed by atoms with Gasteiger partial charge in [0.1, 0.15) is 12.7 Å². The zero-order chi connectivity index (χ0) is 14.7. The fourth-order valence-electron chi connectivity index (χ4n) is 2.13. The summed E-state index contributed by atoms with van der Waals surface area (Å²) < 4.78 is 1.67. The third kappa shape index (κ3) is 2.95. The van der Waals surface area contributed by atoms with Crippen molar-refractivity contribution in [3.05, 3.63) is 52.9 Å². The van der Waals surface area contributed by atoms with E-state index in [1.807, 2.05) is 23.5 Å². The molecule has 108 valence electrons. The van der Waals surface area contributed by atoms with Crippen LogP contribution in [0, 0.1) is 0 Å². The number of nitrogens with one attached hydrogen (secondary N) is 1. The Morgan fingerprint density at radius 2 is 2.24 bits per heavy atom. The van der Waals surface area contributed by atoms with Crippen LogP contribution >= 0.6 is 11.3 Å². The summed E-state index contributed by atoms with van der Waals surface area (Å²) in [6.07, 6.45) is 5.99. The lowest BCUT2D eigenvalue weighted by Crippen LogP contribution is -2.09. The van der Waals surface area contributed by atoms with Crippen LogP contribution in [0.3, 0.4) is 0 Å². The van der Waals surface area contributed by atoms with Gasteiger partial charge >= 0.3 is 0 Å². The number of aryl methyl sites for hydroxylation is 1. The Kier molecular flexibility index (Phi) is 3.96. The van der Waals surface area contributed by atoms with Gasteiger partial charge in [-0.15, -0.1) is 11.3 Å². The topological polar surface area (TPSA) is 55.6 Å². The lowest BCUT2D eigenvalue weighted by atomic mass is 10.2. The van der Waals surface area contributed by atoms with Crippen molar-refractivity contribution >= 4 is 17.0 Å². The van der Waals surface area contributed by atoms with Gasteiger partial charge in [0.25, 0.3) is 0 Å². The molecule has 0 aliphatic rings. The number of anilines is 1. The molecule has 21 heavy (non-hydrogen) atoms. The van der Waals surface area contributed by atoms with Crippen LogP contribution in [0.4, 0.5) is 5.69 Å². The van der Waals surface area contributed by atoms with Gasteiger partial charge in [-0.3, -0.25) is 0 Å². The summed E-state index contributed by atoms with van der Waals surface area (Å²) in [6, 6.07) is 8.53. The van der Waals surface area contributed by atoms with Crippen molar-refractivity contribution in [3.63, 3.8) is 0 Å². The van der Waals surface area contributed by atoms with Crippen LogP contribution in [-0.4, -0.2) is 19.7 Å². The zero-order valence-electron chi connectivity index (χ0n) is 12.0. The Labute approximate surface area is 127 Å². The Morgan fingerprint density at radius 3 is 2.95 bits per heavy atom. The third-order valence-electron chi connectivity index (χ3n) is 3.25. The molecule has 0 radical (unpaired) electrons. The molecule has 1 unspecified atom stereocenters. The molecule has 3 heterocycles. The van der Waals surface area contributed by atoms with E-state index < -0.39 is 0 Å². The standard InChI is InChI=1S/C15H17N5S/c1-3-12-6-7-14(21-12)11(2)19-13-5-4-8-17-15(13)20-10-16-9-18-20/h4-11,19H,3H2,1-2H3. The number of thiophene rings is 1. The van der Waals surface area contributed by atoms with E-state index in [1.54, 1.807) is 17.2 Å². The lowest BCUT2D eigenvalue weighted by Gasteiger charge is -2.16. The minimum atomic E-state index is 0.224. The molecule has 3 aromatic rings. The van der Waals surface area contributed by atoms with Crippen LogP contribution in [0.2, 0.25) is 0 Å². The van der Waals surface area contributed by atoms with Crippen LogP contribution in [0.25, 0.3) is 5.82 Å². The molecule has 3 rings (SSSR count). The number of pyridine rings is 1. The smallest absolute Gasteiger partial charge is 0.178 e.